The lowest BCUT2D eigenvalue weighted by Gasteiger charge is -2.37. The van der Waals surface area contributed by atoms with Gasteiger partial charge in [0, 0.05) is 42.5 Å². The number of fused-ring (bicyclic) bond motifs is 12. The van der Waals surface area contributed by atoms with Gasteiger partial charge in [-0.3, -0.25) is 0 Å². The molecule has 3 aliphatic carbocycles. The molecule has 49 heavy (non-hydrogen) atoms. The monoisotopic (exact) mass is 645 g/mol. The van der Waals surface area contributed by atoms with Crippen molar-refractivity contribution in [2.75, 3.05) is 4.90 Å². The maximum atomic E-state index is 2.54. The van der Waals surface area contributed by atoms with Crippen LogP contribution >= 0.6 is 11.3 Å². The minimum Gasteiger partial charge on any atom is -0.310 e. The first-order chi connectivity index (χ1) is 24.3. The van der Waals surface area contributed by atoms with Crippen molar-refractivity contribution in [2.45, 2.75) is 31.1 Å². The molecule has 11 rings (SSSR count). The van der Waals surface area contributed by atoms with Gasteiger partial charge in [0.15, 0.2) is 0 Å². The standard InChI is InChI=1S/C47H35NS/c1-2-11-36-31(9-1)10-7-14-37(36)32-20-23-34(24-21-32)48(35-25-26-39-38-12-4-6-18-44(38)49-45(39)28-35)43-17-8-16-42-46(43)40-13-3-5-15-41(40)47(42)29-30-19-22-33(47)27-30/h1-18,20-21,23-26,28,30,33H,19,22,27,29H2. The van der Waals surface area contributed by atoms with E-state index in [4.69, 9.17) is 0 Å². The Balaban J connectivity index is 1.13. The van der Waals surface area contributed by atoms with Crippen molar-refractivity contribution in [1.82, 2.24) is 0 Å². The van der Waals surface area contributed by atoms with E-state index in [2.05, 4.69) is 157 Å². The van der Waals surface area contributed by atoms with Crippen LogP contribution in [0.3, 0.4) is 0 Å². The summed E-state index contributed by atoms with van der Waals surface area (Å²) < 4.78 is 2.67. The Morgan fingerprint density at radius 3 is 2.14 bits per heavy atom. The van der Waals surface area contributed by atoms with E-state index in [1.807, 2.05) is 11.3 Å². The first-order valence-corrected chi connectivity index (χ1v) is 18.6. The van der Waals surface area contributed by atoms with Crippen LogP contribution in [0.15, 0.2) is 152 Å². The second-order valence-corrected chi connectivity index (χ2v) is 15.6. The number of nitrogens with zero attached hydrogens (tertiary/aromatic N) is 1. The molecule has 2 bridgehead atoms. The number of hydrogen-bond donors (Lipinski definition) is 0. The van der Waals surface area contributed by atoms with Gasteiger partial charge in [-0.2, -0.15) is 0 Å². The summed E-state index contributed by atoms with van der Waals surface area (Å²) in [6.45, 7) is 0. The van der Waals surface area contributed by atoms with Gasteiger partial charge in [0.2, 0.25) is 0 Å². The molecular formula is C47H35NS. The van der Waals surface area contributed by atoms with Crippen molar-refractivity contribution in [3.63, 3.8) is 0 Å². The zero-order chi connectivity index (χ0) is 32.1. The second kappa shape index (κ2) is 10.4. The van der Waals surface area contributed by atoms with Crippen LogP contribution in [0.5, 0.6) is 0 Å². The van der Waals surface area contributed by atoms with E-state index in [0.717, 1.165) is 11.8 Å². The van der Waals surface area contributed by atoms with Crippen LogP contribution in [0.4, 0.5) is 17.1 Å². The molecule has 7 aromatic carbocycles. The predicted octanol–water partition coefficient (Wildman–Crippen LogP) is 13.4. The van der Waals surface area contributed by atoms with Crippen molar-refractivity contribution in [2.24, 2.45) is 11.8 Å². The minimum absolute atomic E-state index is 0.143. The summed E-state index contributed by atoms with van der Waals surface area (Å²) in [5.41, 5.74) is 12.3. The van der Waals surface area contributed by atoms with Gasteiger partial charge in [-0.1, -0.05) is 122 Å². The van der Waals surface area contributed by atoms with Crippen molar-refractivity contribution in [3.8, 4) is 22.3 Å². The number of thiophene rings is 1. The summed E-state index contributed by atoms with van der Waals surface area (Å²) in [5, 5.41) is 5.24. The molecule has 3 aliphatic rings. The van der Waals surface area contributed by atoms with E-state index < -0.39 is 0 Å². The van der Waals surface area contributed by atoms with Crippen LogP contribution in [0, 0.1) is 11.8 Å². The fourth-order valence-electron chi connectivity index (χ4n) is 10.2. The molecule has 1 spiro atoms. The Labute approximate surface area is 291 Å². The fraction of sp³-hybridized carbons (Fsp3) is 0.149. The van der Waals surface area contributed by atoms with Crippen LogP contribution < -0.4 is 4.90 Å². The third kappa shape index (κ3) is 3.93. The number of rotatable bonds is 4. The van der Waals surface area contributed by atoms with Crippen LogP contribution in [-0.2, 0) is 5.41 Å². The van der Waals surface area contributed by atoms with Crippen molar-refractivity contribution >= 4 is 59.3 Å². The molecule has 1 heterocycles. The molecule has 234 valence electrons. The number of anilines is 3. The molecule has 2 saturated carbocycles. The normalized spacial score (nSPS) is 20.4. The smallest absolute Gasteiger partial charge is 0.0543 e. The molecule has 3 atom stereocenters. The summed E-state index contributed by atoms with van der Waals surface area (Å²) in [5.74, 6) is 1.58. The molecule has 0 radical (unpaired) electrons. The van der Waals surface area contributed by atoms with E-state index in [1.165, 1.54) is 95.9 Å². The summed E-state index contributed by atoms with van der Waals surface area (Å²) in [4.78, 5) is 2.54. The molecule has 0 N–H and O–H groups in total. The highest BCUT2D eigenvalue weighted by Crippen LogP contribution is 2.67. The molecule has 3 unspecified atom stereocenters. The summed E-state index contributed by atoms with van der Waals surface area (Å²) in [7, 11) is 0. The molecule has 1 nitrogen and oxygen atoms in total. The molecule has 2 fully saturated rings. The lowest BCUT2D eigenvalue weighted by atomic mass is 9.67. The Morgan fingerprint density at radius 2 is 1.27 bits per heavy atom. The average molecular weight is 646 g/mol. The third-order valence-corrected chi connectivity index (χ3v) is 13.3. The van der Waals surface area contributed by atoms with E-state index >= 15 is 0 Å². The molecule has 1 aromatic heterocycles. The summed E-state index contributed by atoms with van der Waals surface area (Å²) in [6, 6.07) is 57.1. The molecule has 2 heteroatoms. The minimum atomic E-state index is 0.143. The molecule has 8 aromatic rings. The molecular weight excluding hydrogens is 611 g/mol. The van der Waals surface area contributed by atoms with Gasteiger partial charge in [-0.05, 0) is 106 Å². The lowest BCUT2D eigenvalue weighted by Crippen LogP contribution is -2.31. The highest BCUT2D eigenvalue weighted by atomic mass is 32.1. The van der Waals surface area contributed by atoms with Gasteiger partial charge in [0.05, 0.1) is 5.69 Å². The number of hydrogen-bond acceptors (Lipinski definition) is 2. The summed E-state index contributed by atoms with van der Waals surface area (Å²) in [6.07, 6.45) is 5.41. The zero-order valence-corrected chi connectivity index (χ0v) is 28.1. The predicted molar refractivity (Wildman–Crippen MR) is 209 cm³/mol. The Hall–Kier alpha value is -5.18. The van der Waals surface area contributed by atoms with Gasteiger partial charge in [0.1, 0.15) is 0 Å². The Bertz CT molecular complexity index is 2590. The van der Waals surface area contributed by atoms with Crippen LogP contribution in [0.25, 0.3) is 53.2 Å². The van der Waals surface area contributed by atoms with E-state index in [1.54, 1.807) is 11.1 Å². The fourth-order valence-corrected chi connectivity index (χ4v) is 11.3. The lowest BCUT2D eigenvalue weighted by molar-refractivity contribution is 0.327. The zero-order valence-electron chi connectivity index (χ0n) is 27.3. The first-order valence-electron chi connectivity index (χ1n) is 17.8. The van der Waals surface area contributed by atoms with Gasteiger partial charge in [0.25, 0.3) is 0 Å². The maximum absolute atomic E-state index is 2.54. The maximum Gasteiger partial charge on any atom is 0.0543 e. The van der Waals surface area contributed by atoms with Crippen LogP contribution in [0.1, 0.15) is 36.8 Å². The van der Waals surface area contributed by atoms with Gasteiger partial charge < -0.3 is 4.90 Å². The van der Waals surface area contributed by atoms with Crippen LogP contribution in [-0.4, -0.2) is 0 Å². The van der Waals surface area contributed by atoms with Crippen molar-refractivity contribution in [1.29, 1.82) is 0 Å². The third-order valence-electron chi connectivity index (χ3n) is 12.1. The average Bonchev–Trinajstić information content (AvgIpc) is 3.93. The Morgan fingerprint density at radius 1 is 0.551 bits per heavy atom. The Kier molecular flexibility index (Phi) is 5.89. The molecule has 0 aliphatic heterocycles. The van der Waals surface area contributed by atoms with Crippen molar-refractivity contribution in [3.05, 3.63) is 163 Å². The van der Waals surface area contributed by atoms with E-state index in [0.29, 0.717) is 0 Å². The second-order valence-electron chi connectivity index (χ2n) is 14.5. The van der Waals surface area contributed by atoms with Crippen LogP contribution in [0.2, 0.25) is 0 Å². The SMILES string of the molecule is c1ccc2c(c1)-c1c(N(c3ccc(-c4cccc5ccccc45)cc3)c3ccc4c(c3)sc3ccccc34)cccc1C21CC2CCC1C2. The quantitative estimate of drug-likeness (QED) is 0.184. The molecule has 0 saturated heterocycles. The van der Waals surface area contributed by atoms with E-state index in [9.17, 15) is 0 Å². The highest BCUT2D eigenvalue weighted by molar-refractivity contribution is 7.25. The highest BCUT2D eigenvalue weighted by Gasteiger charge is 2.57. The van der Waals surface area contributed by atoms with Gasteiger partial charge >= 0.3 is 0 Å². The number of benzene rings is 7. The summed E-state index contributed by atoms with van der Waals surface area (Å²) >= 11 is 1.90. The van der Waals surface area contributed by atoms with E-state index in [-0.39, 0.29) is 5.41 Å². The topological polar surface area (TPSA) is 3.24 Å². The van der Waals surface area contributed by atoms with Crippen molar-refractivity contribution < 1.29 is 0 Å². The molecule has 0 amide bonds. The van der Waals surface area contributed by atoms with Gasteiger partial charge in [-0.15, -0.1) is 11.3 Å². The van der Waals surface area contributed by atoms with Gasteiger partial charge in [-0.25, -0.2) is 0 Å². The largest absolute Gasteiger partial charge is 0.310 e. The first kappa shape index (κ1) is 27.7.